The second-order valence-corrected chi connectivity index (χ2v) is 16.9. The number of alkyl carbamates (subject to hydrolysis) is 1. The molecule has 0 spiro atoms. The molecule has 3 fully saturated rings. The van der Waals surface area contributed by atoms with Gasteiger partial charge in [0.2, 0.25) is 21.8 Å². The van der Waals surface area contributed by atoms with E-state index in [2.05, 4.69) is 25.7 Å². The predicted molar refractivity (Wildman–Crippen MR) is 184 cm³/mol. The summed E-state index contributed by atoms with van der Waals surface area (Å²) >= 11 is 0. The maximum Gasteiger partial charge on any atom is 0.408 e. The van der Waals surface area contributed by atoms with Crippen molar-refractivity contribution in [2.24, 2.45) is 5.92 Å². The molecule has 3 heterocycles. The maximum absolute atomic E-state index is 14.3. The zero-order valence-corrected chi connectivity index (χ0v) is 29.4. The van der Waals surface area contributed by atoms with Crippen LogP contribution in [0.3, 0.4) is 0 Å². The first-order valence-corrected chi connectivity index (χ1v) is 18.9. The van der Waals surface area contributed by atoms with Gasteiger partial charge in [0, 0.05) is 29.4 Å². The Bertz CT molecular complexity index is 1780. The van der Waals surface area contributed by atoms with Crippen molar-refractivity contribution in [3.8, 4) is 0 Å². The number of nitrogens with one attached hydrogen (secondary N) is 5. The van der Waals surface area contributed by atoms with E-state index in [1.807, 2.05) is 36.4 Å². The molecule has 270 valence electrons. The highest BCUT2D eigenvalue weighted by Gasteiger charge is 2.62. The summed E-state index contributed by atoms with van der Waals surface area (Å²) in [4.78, 5) is 72.8. The standard InChI is InChI=1S/C35H46N6O8S/c1-34(2,3)49-33(46)38-26-14-8-6-4-5-7-12-22-19-35(22,32(45)40-50(47,48)24-15-16-24)39-30(43)28-18-23(20-41(28)31(26)44)36-29(42)27-17-21-11-9-10-13-25(21)37-27/h7,9-13,17,22-24,26,28,37H,4-6,8,14-16,18-20H2,1-3H3,(H,36,42)(H,38,46)(H,39,43)(H,40,45)/b12-7-/t22-,23-,26+,28+,35-/m1/s1. The number of amides is 5. The molecule has 4 aliphatic rings. The molecular formula is C35H46N6O8S. The minimum atomic E-state index is -3.89. The highest BCUT2D eigenvalue weighted by atomic mass is 32.2. The Morgan fingerprint density at radius 3 is 2.50 bits per heavy atom. The number of para-hydroxylation sites is 1. The zero-order chi connectivity index (χ0) is 35.8. The van der Waals surface area contributed by atoms with E-state index in [1.54, 1.807) is 26.8 Å². The third-order valence-electron chi connectivity index (χ3n) is 9.68. The predicted octanol–water partition coefficient (Wildman–Crippen LogP) is 2.76. The Hall–Kier alpha value is -4.40. The number of hydrogen-bond acceptors (Lipinski definition) is 8. The molecule has 2 aliphatic heterocycles. The van der Waals surface area contributed by atoms with Crippen LogP contribution < -0.4 is 20.7 Å². The molecule has 1 aromatic carbocycles. The van der Waals surface area contributed by atoms with Crippen LogP contribution in [0.5, 0.6) is 0 Å². The number of sulfonamides is 1. The third kappa shape index (κ3) is 7.98. The van der Waals surface area contributed by atoms with E-state index in [0.29, 0.717) is 37.8 Å². The molecule has 2 aromatic rings. The lowest BCUT2D eigenvalue weighted by Gasteiger charge is -2.30. The molecule has 14 nitrogen and oxygen atoms in total. The van der Waals surface area contributed by atoms with E-state index in [1.165, 1.54) is 4.90 Å². The van der Waals surface area contributed by atoms with Gasteiger partial charge in [-0.3, -0.25) is 23.9 Å². The number of nitrogens with zero attached hydrogens (tertiary/aromatic N) is 1. The fourth-order valence-corrected chi connectivity index (χ4v) is 8.18. The van der Waals surface area contributed by atoms with E-state index in [-0.39, 0.29) is 19.4 Å². The molecule has 0 radical (unpaired) electrons. The summed E-state index contributed by atoms with van der Waals surface area (Å²) in [5, 5.41) is 8.70. The number of aromatic nitrogens is 1. The van der Waals surface area contributed by atoms with E-state index in [9.17, 15) is 32.4 Å². The average molecular weight is 711 g/mol. The van der Waals surface area contributed by atoms with Gasteiger partial charge in [0.15, 0.2) is 0 Å². The number of carbonyl (C=O) groups excluding carboxylic acids is 5. The van der Waals surface area contributed by atoms with E-state index < -0.39 is 80.2 Å². The highest BCUT2D eigenvalue weighted by Crippen LogP contribution is 2.46. The van der Waals surface area contributed by atoms with Gasteiger partial charge >= 0.3 is 6.09 Å². The van der Waals surface area contributed by atoms with Crippen LogP contribution in [0, 0.1) is 5.92 Å². The quantitative estimate of drug-likeness (QED) is 0.282. The molecule has 0 unspecified atom stereocenters. The van der Waals surface area contributed by atoms with Crippen LogP contribution in [0.2, 0.25) is 0 Å². The van der Waals surface area contributed by atoms with Crippen molar-refractivity contribution in [1.29, 1.82) is 0 Å². The van der Waals surface area contributed by atoms with Crippen LogP contribution >= 0.6 is 0 Å². The first-order valence-electron chi connectivity index (χ1n) is 17.4. The van der Waals surface area contributed by atoms with Gasteiger partial charge in [0.25, 0.3) is 11.8 Å². The fraction of sp³-hybridized carbons (Fsp3) is 0.571. The van der Waals surface area contributed by atoms with Gasteiger partial charge in [0.1, 0.15) is 28.9 Å². The van der Waals surface area contributed by atoms with Gasteiger partial charge in [-0.1, -0.05) is 43.2 Å². The molecule has 2 aliphatic carbocycles. The lowest BCUT2D eigenvalue weighted by atomic mass is 10.0. The van der Waals surface area contributed by atoms with Crippen LogP contribution in [0.4, 0.5) is 4.79 Å². The largest absolute Gasteiger partial charge is 0.444 e. The summed E-state index contributed by atoms with van der Waals surface area (Å²) in [7, 11) is -3.89. The molecular weight excluding hydrogens is 664 g/mol. The molecule has 2 saturated carbocycles. The number of H-pyrrole nitrogens is 1. The summed E-state index contributed by atoms with van der Waals surface area (Å²) in [5.41, 5.74) is -1.22. The maximum atomic E-state index is 14.3. The average Bonchev–Trinajstić information content (AvgIpc) is 3.92. The molecule has 1 aromatic heterocycles. The van der Waals surface area contributed by atoms with Gasteiger partial charge in [-0.15, -0.1) is 0 Å². The smallest absolute Gasteiger partial charge is 0.408 e. The molecule has 5 atom stereocenters. The van der Waals surface area contributed by atoms with Crippen LogP contribution in [-0.2, 0) is 29.1 Å². The minimum absolute atomic E-state index is 0.0290. The summed E-state index contributed by atoms with van der Waals surface area (Å²) < 4.78 is 33.1. The number of ether oxygens (including phenoxy) is 1. The number of rotatable bonds is 6. The van der Waals surface area contributed by atoms with Crippen molar-refractivity contribution in [3.63, 3.8) is 0 Å². The summed E-state index contributed by atoms with van der Waals surface area (Å²) in [6.07, 6.45) is 7.30. The van der Waals surface area contributed by atoms with Gasteiger partial charge in [-0.2, -0.15) is 0 Å². The number of carbonyl (C=O) groups is 5. The fourth-order valence-electron chi connectivity index (χ4n) is 6.81. The van der Waals surface area contributed by atoms with Gasteiger partial charge in [-0.05, 0) is 77.8 Å². The number of benzene rings is 1. The second kappa shape index (κ2) is 13.7. The van der Waals surface area contributed by atoms with Crippen molar-refractivity contribution < 1.29 is 37.1 Å². The Morgan fingerprint density at radius 1 is 1.02 bits per heavy atom. The lowest BCUT2D eigenvalue weighted by Crippen LogP contribution is -2.58. The van der Waals surface area contributed by atoms with Gasteiger partial charge < -0.3 is 30.6 Å². The van der Waals surface area contributed by atoms with Crippen molar-refractivity contribution >= 4 is 50.6 Å². The normalized spacial score (nSPS) is 28.3. The number of hydrogen-bond donors (Lipinski definition) is 5. The van der Waals surface area contributed by atoms with E-state index >= 15 is 0 Å². The van der Waals surface area contributed by atoms with Crippen molar-refractivity contribution in [3.05, 3.63) is 48.2 Å². The van der Waals surface area contributed by atoms with Crippen LogP contribution in [0.25, 0.3) is 10.9 Å². The molecule has 0 bridgehead atoms. The number of aromatic amines is 1. The highest BCUT2D eigenvalue weighted by molar-refractivity contribution is 7.91. The molecule has 5 amide bonds. The van der Waals surface area contributed by atoms with Gasteiger partial charge in [-0.25, -0.2) is 13.2 Å². The second-order valence-electron chi connectivity index (χ2n) is 14.9. The molecule has 6 rings (SSSR count). The Labute approximate surface area is 291 Å². The van der Waals surface area contributed by atoms with Crippen molar-refractivity contribution in [2.45, 2.75) is 113 Å². The van der Waals surface area contributed by atoms with Crippen LogP contribution in [0.15, 0.2) is 42.5 Å². The van der Waals surface area contributed by atoms with E-state index in [4.69, 9.17) is 4.74 Å². The Morgan fingerprint density at radius 2 is 1.78 bits per heavy atom. The Kier molecular flexibility index (Phi) is 9.72. The summed E-state index contributed by atoms with van der Waals surface area (Å²) in [6, 6.07) is 6.36. The van der Waals surface area contributed by atoms with Crippen molar-refractivity contribution in [1.82, 2.24) is 30.6 Å². The summed E-state index contributed by atoms with van der Waals surface area (Å²) in [6.45, 7) is 5.11. The Balaban J connectivity index is 1.27. The SMILES string of the molecule is CC(C)(C)OC(=O)N[C@H]1CCCCC/C=C\[C@@H]2C[C@@]2(C(=O)NS(=O)(=O)C2CC2)NC(=O)[C@@H]2C[C@@H](NC(=O)c3cc4ccccc4[nH]3)CN2C1=O. The monoisotopic (exact) mass is 710 g/mol. The first-order chi connectivity index (χ1) is 23.6. The zero-order valence-electron chi connectivity index (χ0n) is 28.6. The number of allylic oxidation sites excluding steroid dienone is 1. The van der Waals surface area contributed by atoms with Crippen molar-refractivity contribution in [2.75, 3.05) is 6.54 Å². The summed E-state index contributed by atoms with van der Waals surface area (Å²) in [5.74, 6) is -2.83. The first kappa shape index (κ1) is 35.4. The molecule has 15 heteroatoms. The molecule has 5 N–H and O–H groups in total. The lowest BCUT2D eigenvalue weighted by molar-refractivity contribution is -0.141. The molecule has 1 saturated heterocycles. The topological polar surface area (TPSA) is 196 Å². The van der Waals surface area contributed by atoms with Crippen LogP contribution in [-0.4, -0.2) is 89.1 Å². The van der Waals surface area contributed by atoms with Crippen LogP contribution in [0.1, 0.15) is 89.0 Å². The minimum Gasteiger partial charge on any atom is -0.444 e. The number of fused-ring (bicyclic) bond motifs is 3. The third-order valence-corrected chi connectivity index (χ3v) is 11.5. The van der Waals surface area contributed by atoms with Gasteiger partial charge in [0.05, 0.1) is 5.25 Å². The molecule has 50 heavy (non-hydrogen) atoms. The van der Waals surface area contributed by atoms with E-state index in [0.717, 1.165) is 23.7 Å².